The molecule has 1 rings (SSSR count). The first-order chi connectivity index (χ1) is 7.18. The van der Waals surface area contributed by atoms with Crippen molar-refractivity contribution in [1.82, 2.24) is 0 Å². The number of esters is 2. The minimum atomic E-state index is -0.448. The summed E-state index contributed by atoms with van der Waals surface area (Å²) in [4.78, 5) is 21.6. The topological polar surface area (TPSA) is 61.8 Å². The van der Waals surface area contributed by atoms with Gasteiger partial charge in [-0.3, -0.25) is 4.79 Å². The molecule has 1 fully saturated rings. The summed E-state index contributed by atoms with van der Waals surface area (Å²) in [6.45, 7) is 2.44. The highest BCUT2D eigenvalue weighted by Crippen LogP contribution is 2.04. The molecule has 1 aliphatic rings. The van der Waals surface area contributed by atoms with Gasteiger partial charge < -0.3 is 14.2 Å². The Bertz CT molecular complexity index is 225. The second kappa shape index (κ2) is 6.68. The third kappa shape index (κ3) is 5.64. The van der Waals surface area contributed by atoms with Crippen LogP contribution in [0.4, 0.5) is 0 Å². The van der Waals surface area contributed by atoms with Gasteiger partial charge in [0.1, 0.15) is 11.5 Å². The molecule has 0 aromatic rings. The van der Waals surface area contributed by atoms with Crippen molar-refractivity contribution < 1.29 is 23.8 Å². The van der Waals surface area contributed by atoms with E-state index in [1.54, 1.807) is 0 Å². The molecule has 6 heteroatoms. The second-order valence-corrected chi connectivity index (χ2v) is 5.38. The molecule has 0 spiro atoms. The van der Waals surface area contributed by atoms with E-state index in [0.717, 1.165) is 24.7 Å². The van der Waals surface area contributed by atoms with Gasteiger partial charge in [-0.15, -0.1) is 0 Å². The maximum Gasteiger partial charge on any atom is 0.359 e. The molecule has 1 aliphatic heterocycles. The molecule has 1 heterocycles. The Morgan fingerprint density at radius 3 is 2.53 bits per heavy atom. The summed E-state index contributed by atoms with van der Waals surface area (Å²) in [5.74, 6) is 1.49. The summed E-state index contributed by atoms with van der Waals surface area (Å²) in [7, 11) is 0.0711. The van der Waals surface area contributed by atoms with Crippen molar-refractivity contribution >= 4 is 22.8 Å². The number of carbonyl (C=O) groups excluding carboxylic acids is 2. The zero-order valence-electron chi connectivity index (χ0n) is 8.69. The molecule has 0 amide bonds. The third-order valence-electron chi connectivity index (χ3n) is 1.84. The molecule has 0 aromatic heterocycles. The molecule has 86 valence electrons. The first-order valence-electron chi connectivity index (χ1n) is 4.69. The molecular weight excluding hydrogens is 220 g/mol. The van der Waals surface area contributed by atoms with Crippen LogP contribution in [0.5, 0.6) is 0 Å². The van der Waals surface area contributed by atoms with E-state index in [0.29, 0.717) is 5.75 Å². The van der Waals surface area contributed by atoms with Crippen molar-refractivity contribution in [2.75, 3.05) is 37.3 Å². The van der Waals surface area contributed by atoms with Gasteiger partial charge in [0.25, 0.3) is 0 Å². The predicted octanol–water partition coefficient (Wildman–Crippen LogP) is -0.301. The summed E-state index contributed by atoms with van der Waals surface area (Å²) in [5.41, 5.74) is 0. The summed E-state index contributed by atoms with van der Waals surface area (Å²) < 4.78 is 14.4. The first kappa shape index (κ1) is 12.3. The quantitative estimate of drug-likeness (QED) is 0.380. The average Bonchev–Trinajstić information content (AvgIpc) is 2.18. The number of hydrogen-bond donors (Lipinski definition) is 0. The van der Waals surface area contributed by atoms with E-state index in [4.69, 9.17) is 9.47 Å². The molecule has 5 nitrogen and oxygen atoms in total. The van der Waals surface area contributed by atoms with E-state index in [1.807, 2.05) is 0 Å². The molecule has 0 aromatic carbocycles. The Balaban J connectivity index is 2.09. The molecular formula is C9H15O5S+. The minimum absolute atomic E-state index is 0.0711. The van der Waals surface area contributed by atoms with Crippen molar-refractivity contribution in [2.45, 2.75) is 6.92 Å². The van der Waals surface area contributed by atoms with E-state index in [2.05, 4.69) is 4.74 Å². The normalized spacial score (nSPS) is 17.1. The molecule has 15 heavy (non-hydrogen) atoms. The Hall–Kier alpha value is -0.750. The predicted molar refractivity (Wildman–Crippen MR) is 55.5 cm³/mol. The number of ether oxygens (including phenoxy) is 3. The Labute approximate surface area is 91.4 Å². The number of hydrogen-bond acceptors (Lipinski definition) is 5. The lowest BCUT2D eigenvalue weighted by atomic mass is 10.7. The number of carbonyl (C=O) groups is 2. The van der Waals surface area contributed by atoms with E-state index < -0.39 is 5.97 Å². The molecule has 0 radical (unpaired) electrons. The number of rotatable bonds is 4. The highest BCUT2D eigenvalue weighted by molar-refractivity contribution is 7.97. The van der Waals surface area contributed by atoms with Crippen LogP contribution in [0.2, 0.25) is 0 Å². The van der Waals surface area contributed by atoms with E-state index >= 15 is 0 Å². The monoisotopic (exact) mass is 235 g/mol. The van der Waals surface area contributed by atoms with Gasteiger partial charge in [0.2, 0.25) is 12.5 Å². The SMILES string of the molecule is CC(=O)OCOC(=O)C[S+]1CCOCC1. The van der Waals surface area contributed by atoms with E-state index in [-0.39, 0.29) is 23.7 Å². The van der Waals surface area contributed by atoms with Crippen molar-refractivity contribution in [1.29, 1.82) is 0 Å². The van der Waals surface area contributed by atoms with Crippen LogP contribution in [0.3, 0.4) is 0 Å². The van der Waals surface area contributed by atoms with Crippen molar-refractivity contribution in [3.63, 3.8) is 0 Å². The molecule has 0 N–H and O–H groups in total. The van der Waals surface area contributed by atoms with Crippen molar-refractivity contribution in [3.05, 3.63) is 0 Å². The summed E-state index contributed by atoms with van der Waals surface area (Å²) >= 11 is 0. The van der Waals surface area contributed by atoms with Crippen LogP contribution in [-0.4, -0.2) is 49.2 Å². The highest BCUT2D eigenvalue weighted by Gasteiger charge is 2.26. The van der Waals surface area contributed by atoms with Crippen LogP contribution < -0.4 is 0 Å². The van der Waals surface area contributed by atoms with E-state index in [1.165, 1.54) is 6.92 Å². The van der Waals surface area contributed by atoms with Gasteiger partial charge in [-0.1, -0.05) is 0 Å². The van der Waals surface area contributed by atoms with Crippen LogP contribution in [0.15, 0.2) is 0 Å². The van der Waals surface area contributed by atoms with Crippen LogP contribution in [-0.2, 0) is 34.7 Å². The fourth-order valence-electron chi connectivity index (χ4n) is 1.09. The summed E-state index contributed by atoms with van der Waals surface area (Å²) in [6, 6.07) is 0. The molecule has 1 saturated heterocycles. The smallest absolute Gasteiger partial charge is 0.359 e. The van der Waals surface area contributed by atoms with Crippen LogP contribution in [0.25, 0.3) is 0 Å². The first-order valence-corrected chi connectivity index (χ1v) is 6.42. The average molecular weight is 235 g/mol. The molecule has 0 unspecified atom stereocenters. The molecule has 0 aliphatic carbocycles. The Morgan fingerprint density at radius 1 is 1.27 bits per heavy atom. The van der Waals surface area contributed by atoms with Gasteiger partial charge >= 0.3 is 11.9 Å². The summed E-state index contributed by atoms with van der Waals surface area (Å²) in [6.07, 6.45) is 0. The largest absolute Gasteiger partial charge is 0.428 e. The third-order valence-corrected chi connectivity index (χ3v) is 3.97. The van der Waals surface area contributed by atoms with Crippen LogP contribution in [0.1, 0.15) is 6.92 Å². The highest BCUT2D eigenvalue weighted by atomic mass is 32.2. The minimum Gasteiger partial charge on any atom is -0.428 e. The van der Waals surface area contributed by atoms with Gasteiger partial charge in [0.05, 0.1) is 13.2 Å². The zero-order valence-corrected chi connectivity index (χ0v) is 9.51. The Morgan fingerprint density at radius 2 is 1.93 bits per heavy atom. The van der Waals surface area contributed by atoms with Gasteiger partial charge in [0, 0.05) is 17.8 Å². The van der Waals surface area contributed by atoms with E-state index in [9.17, 15) is 9.59 Å². The second-order valence-electron chi connectivity index (χ2n) is 3.05. The fourth-order valence-corrected chi connectivity index (χ4v) is 2.71. The van der Waals surface area contributed by atoms with Crippen molar-refractivity contribution in [2.24, 2.45) is 0 Å². The molecule has 0 atom stereocenters. The Kier molecular flexibility index (Phi) is 5.49. The van der Waals surface area contributed by atoms with Gasteiger partial charge in [-0.05, 0) is 0 Å². The summed E-state index contributed by atoms with van der Waals surface area (Å²) in [5, 5.41) is 0. The standard InChI is InChI=1S/C9H15O5S/c1-8(10)13-7-14-9(11)6-15-4-2-12-3-5-15/h2-7H2,1H3/q+1. The van der Waals surface area contributed by atoms with Gasteiger partial charge in [-0.2, -0.15) is 0 Å². The zero-order chi connectivity index (χ0) is 11.1. The lowest BCUT2D eigenvalue weighted by Crippen LogP contribution is -2.32. The van der Waals surface area contributed by atoms with Gasteiger partial charge in [-0.25, -0.2) is 4.79 Å². The van der Waals surface area contributed by atoms with Crippen LogP contribution >= 0.6 is 0 Å². The molecule has 0 bridgehead atoms. The fraction of sp³-hybridized carbons (Fsp3) is 0.778. The lowest BCUT2D eigenvalue weighted by Gasteiger charge is -2.13. The maximum atomic E-state index is 11.2. The van der Waals surface area contributed by atoms with Crippen LogP contribution in [0, 0.1) is 0 Å². The maximum absolute atomic E-state index is 11.2. The van der Waals surface area contributed by atoms with Crippen molar-refractivity contribution in [3.8, 4) is 0 Å². The lowest BCUT2D eigenvalue weighted by molar-refractivity contribution is -0.163. The molecule has 0 saturated carbocycles. The van der Waals surface area contributed by atoms with Gasteiger partial charge in [0.15, 0.2) is 0 Å².